The van der Waals surface area contributed by atoms with Crippen molar-refractivity contribution in [3.05, 3.63) is 131 Å². The number of aliphatic hydroxyl groups excluding tert-OH is 1. The van der Waals surface area contributed by atoms with E-state index in [1.807, 2.05) is 18.2 Å². The molecule has 0 bridgehead atoms. The summed E-state index contributed by atoms with van der Waals surface area (Å²) < 4.78 is 33.5. The molecular weight excluding hydrogens is 476 g/mol. The van der Waals surface area contributed by atoms with Gasteiger partial charge in [0, 0.05) is 11.3 Å². The summed E-state index contributed by atoms with van der Waals surface area (Å²) in [4.78, 5) is 27.8. The molecule has 184 valence electrons. The summed E-state index contributed by atoms with van der Waals surface area (Å²) in [6, 6.07) is 23.9. The number of aryl methyl sites for hydroxylation is 1. The smallest absolute Gasteiger partial charge is 0.300 e. The Labute approximate surface area is 211 Å². The number of Topliss-reactive ketones (excluding diaryl/α,β-unsaturated/α-hetero) is 1. The Morgan fingerprint density at radius 3 is 2.24 bits per heavy atom. The minimum atomic E-state index is -1.05. The molecule has 0 saturated carbocycles. The average molecular weight is 497 g/mol. The van der Waals surface area contributed by atoms with Crippen LogP contribution >= 0.6 is 0 Å². The number of ketones is 1. The van der Waals surface area contributed by atoms with E-state index in [-0.39, 0.29) is 22.4 Å². The number of rotatable bonds is 5. The molecule has 5 rings (SSSR count). The number of ether oxygens (including phenoxy) is 1. The van der Waals surface area contributed by atoms with Crippen LogP contribution in [0.4, 0.5) is 14.5 Å². The zero-order valence-electron chi connectivity index (χ0n) is 19.7. The summed E-state index contributed by atoms with van der Waals surface area (Å²) in [6.07, 6.45) is 0. The first-order valence-electron chi connectivity index (χ1n) is 11.5. The Morgan fingerprint density at radius 1 is 0.838 bits per heavy atom. The van der Waals surface area contributed by atoms with E-state index in [0.29, 0.717) is 17.1 Å². The van der Waals surface area contributed by atoms with E-state index in [4.69, 9.17) is 4.74 Å². The molecule has 4 aromatic rings. The maximum Gasteiger partial charge on any atom is 0.300 e. The number of anilines is 1. The fraction of sp³-hybridized carbons (Fsp3) is 0.0667. The van der Waals surface area contributed by atoms with Gasteiger partial charge in [-0.1, -0.05) is 30.3 Å². The van der Waals surface area contributed by atoms with E-state index in [1.54, 1.807) is 36.4 Å². The molecule has 7 heteroatoms. The molecule has 0 aliphatic carbocycles. The number of benzene rings is 4. The van der Waals surface area contributed by atoms with E-state index < -0.39 is 35.1 Å². The third kappa shape index (κ3) is 4.59. The number of carbonyl (C=O) groups is 2. The van der Waals surface area contributed by atoms with Crippen LogP contribution in [0.1, 0.15) is 22.7 Å². The van der Waals surface area contributed by atoms with Crippen LogP contribution in [0.25, 0.3) is 5.76 Å². The van der Waals surface area contributed by atoms with Crippen LogP contribution in [0.5, 0.6) is 11.5 Å². The molecule has 1 aliphatic heterocycles. The number of halogens is 2. The molecule has 1 amide bonds. The summed E-state index contributed by atoms with van der Waals surface area (Å²) in [5, 5.41) is 11.2. The maximum atomic E-state index is 13.9. The van der Waals surface area contributed by atoms with Gasteiger partial charge >= 0.3 is 0 Å². The average Bonchev–Trinajstić information content (AvgIpc) is 3.17. The van der Waals surface area contributed by atoms with Crippen LogP contribution in [0.3, 0.4) is 0 Å². The molecule has 37 heavy (non-hydrogen) atoms. The monoisotopic (exact) mass is 497 g/mol. The predicted octanol–water partition coefficient (Wildman–Crippen LogP) is 6.69. The van der Waals surface area contributed by atoms with Crippen molar-refractivity contribution in [2.24, 2.45) is 0 Å². The molecule has 1 N–H and O–H groups in total. The largest absolute Gasteiger partial charge is 0.507 e. The highest BCUT2D eigenvalue weighted by atomic mass is 19.1. The fourth-order valence-electron chi connectivity index (χ4n) is 4.34. The second-order valence-corrected chi connectivity index (χ2v) is 8.60. The lowest BCUT2D eigenvalue weighted by molar-refractivity contribution is -0.132. The summed E-state index contributed by atoms with van der Waals surface area (Å²) in [5.74, 6) is -2.16. The zero-order valence-corrected chi connectivity index (χ0v) is 19.7. The highest BCUT2D eigenvalue weighted by molar-refractivity contribution is 6.51. The lowest BCUT2D eigenvalue weighted by Crippen LogP contribution is -2.29. The molecule has 1 aliphatic rings. The van der Waals surface area contributed by atoms with Crippen LogP contribution in [0, 0.1) is 18.6 Å². The van der Waals surface area contributed by atoms with E-state index in [0.717, 1.165) is 0 Å². The predicted molar refractivity (Wildman–Crippen MR) is 135 cm³/mol. The van der Waals surface area contributed by atoms with Gasteiger partial charge < -0.3 is 9.84 Å². The Hall–Kier alpha value is -4.78. The third-order valence-electron chi connectivity index (χ3n) is 6.13. The molecule has 1 saturated heterocycles. The van der Waals surface area contributed by atoms with Crippen molar-refractivity contribution in [2.75, 3.05) is 4.90 Å². The quantitative estimate of drug-likeness (QED) is 0.190. The van der Waals surface area contributed by atoms with Gasteiger partial charge in [-0.2, -0.15) is 0 Å². The molecule has 1 fully saturated rings. The van der Waals surface area contributed by atoms with E-state index >= 15 is 0 Å². The number of carbonyl (C=O) groups excluding carboxylic acids is 2. The first-order chi connectivity index (χ1) is 17.8. The van der Waals surface area contributed by atoms with Gasteiger partial charge in [0.2, 0.25) is 0 Å². The summed E-state index contributed by atoms with van der Waals surface area (Å²) in [6.45, 7) is 1.53. The van der Waals surface area contributed by atoms with Gasteiger partial charge in [-0.25, -0.2) is 8.78 Å². The van der Waals surface area contributed by atoms with Crippen molar-refractivity contribution in [1.29, 1.82) is 0 Å². The van der Waals surface area contributed by atoms with Crippen LogP contribution in [-0.2, 0) is 9.59 Å². The Bertz CT molecular complexity index is 1530. The molecular formula is C30H21F2NO4. The van der Waals surface area contributed by atoms with Crippen molar-refractivity contribution < 1.29 is 28.2 Å². The molecule has 4 aromatic carbocycles. The van der Waals surface area contributed by atoms with Gasteiger partial charge in [0.05, 0.1) is 11.6 Å². The number of amides is 1. The standard InChI is InChI=1S/C30H21F2NO4/c1-18-16-20(10-15-25(18)32)28(34)26-27(33(30(36)29(26)35)22-13-11-21(31)12-14-22)19-6-5-9-24(17-19)37-23-7-3-2-4-8-23/h2-17,27,34H,1H3/b28-26-. The normalized spacial score (nSPS) is 16.7. The maximum absolute atomic E-state index is 13.9. The summed E-state index contributed by atoms with van der Waals surface area (Å²) in [5.41, 5.74) is 1.05. The van der Waals surface area contributed by atoms with Crippen molar-refractivity contribution in [2.45, 2.75) is 13.0 Å². The molecule has 0 aromatic heterocycles. The van der Waals surface area contributed by atoms with Crippen molar-refractivity contribution in [3.8, 4) is 11.5 Å². The van der Waals surface area contributed by atoms with Gasteiger partial charge in [-0.15, -0.1) is 0 Å². The van der Waals surface area contributed by atoms with Crippen molar-refractivity contribution >= 4 is 23.1 Å². The fourth-order valence-corrected chi connectivity index (χ4v) is 4.34. The van der Waals surface area contributed by atoms with E-state index in [2.05, 4.69) is 0 Å². The number of hydrogen-bond donors (Lipinski definition) is 1. The summed E-state index contributed by atoms with van der Waals surface area (Å²) in [7, 11) is 0. The lowest BCUT2D eigenvalue weighted by Gasteiger charge is -2.26. The molecule has 1 heterocycles. The Morgan fingerprint density at radius 2 is 1.54 bits per heavy atom. The topological polar surface area (TPSA) is 66.8 Å². The highest BCUT2D eigenvalue weighted by Gasteiger charge is 2.47. The molecule has 0 spiro atoms. The van der Waals surface area contributed by atoms with Crippen LogP contribution in [-0.4, -0.2) is 16.8 Å². The first kappa shape index (κ1) is 23.9. The van der Waals surface area contributed by atoms with Crippen molar-refractivity contribution in [3.63, 3.8) is 0 Å². The number of hydrogen-bond acceptors (Lipinski definition) is 4. The minimum absolute atomic E-state index is 0.169. The number of aliphatic hydroxyl groups is 1. The van der Waals surface area contributed by atoms with Gasteiger partial charge in [-0.3, -0.25) is 14.5 Å². The van der Waals surface area contributed by atoms with Gasteiger partial charge in [-0.05, 0) is 84.8 Å². The van der Waals surface area contributed by atoms with Gasteiger partial charge in [0.15, 0.2) is 0 Å². The van der Waals surface area contributed by atoms with Gasteiger partial charge in [0.1, 0.15) is 28.9 Å². The highest BCUT2D eigenvalue weighted by Crippen LogP contribution is 2.43. The van der Waals surface area contributed by atoms with Gasteiger partial charge in [0.25, 0.3) is 11.7 Å². The second-order valence-electron chi connectivity index (χ2n) is 8.60. The molecule has 0 radical (unpaired) electrons. The third-order valence-corrected chi connectivity index (χ3v) is 6.13. The molecule has 1 unspecified atom stereocenters. The Balaban J connectivity index is 1.67. The van der Waals surface area contributed by atoms with Crippen LogP contribution in [0.2, 0.25) is 0 Å². The SMILES string of the molecule is Cc1cc(/C(O)=C2/C(=O)C(=O)N(c3ccc(F)cc3)C2c2cccc(Oc3ccccc3)c2)ccc1F. The summed E-state index contributed by atoms with van der Waals surface area (Å²) >= 11 is 0. The number of para-hydroxylation sites is 1. The minimum Gasteiger partial charge on any atom is -0.507 e. The number of nitrogens with zero attached hydrogens (tertiary/aromatic N) is 1. The van der Waals surface area contributed by atoms with E-state index in [1.165, 1.54) is 54.3 Å². The first-order valence-corrected chi connectivity index (χ1v) is 11.5. The zero-order chi connectivity index (χ0) is 26.1. The second kappa shape index (κ2) is 9.70. The van der Waals surface area contributed by atoms with Crippen LogP contribution < -0.4 is 9.64 Å². The lowest BCUT2D eigenvalue weighted by atomic mass is 9.94. The Kier molecular flexibility index (Phi) is 6.27. The molecule has 5 nitrogen and oxygen atoms in total. The molecule has 1 atom stereocenters. The van der Waals surface area contributed by atoms with E-state index in [9.17, 15) is 23.5 Å². The van der Waals surface area contributed by atoms with Crippen molar-refractivity contribution in [1.82, 2.24) is 0 Å². The van der Waals surface area contributed by atoms with Crippen LogP contribution in [0.15, 0.2) is 103 Å².